The molecule has 0 bridgehead atoms. The molecule has 1 aliphatic heterocycles. The average molecular weight is 390 g/mol. The highest BCUT2D eigenvalue weighted by Crippen LogP contribution is 2.25. The van der Waals surface area contributed by atoms with E-state index in [4.69, 9.17) is 21.6 Å². The number of hydrogen-bond donors (Lipinski definition) is 0. The van der Waals surface area contributed by atoms with Crippen LogP contribution in [0.25, 0.3) is 0 Å². The van der Waals surface area contributed by atoms with E-state index >= 15 is 0 Å². The number of methoxy groups -OCH3 is 1. The third-order valence-electron chi connectivity index (χ3n) is 4.23. The van der Waals surface area contributed by atoms with Crippen LogP contribution in [0.1, 0.15) is 25.6 Å². The van der Waals surface area contributed by atoms with Crippen molar-refractivity contribution in [1.29, 1.82) is 5.26 Å². The zero-order valence-corrected chi connectivity index (χ0v) is 15.6. The van der Waals surface area contributed by atoms with E-state index < -0.39 is 0 Å². The number of nitrogens with zero attached hydrogens (tertiary/aromatic N) is 3. The Morgan fingerprint density at radius 3 is 2.35 bits per heavy atom. The molecule has 0 spiro atoms. The summed E-state index contributed by atoms with van der Waals surface area (Å²) in [5.41, 5.74) is 0.842. The van der Waals surface area contributed by atoms with Gasteiger partial charge in [-0.25, -0.2) is 0 Å². The Labute approximate surface area is 160 Å². The van der Waals surface area contributed by atoms with Gasteiger partial charge in [-0.15, -0.1) is 11.3 Å². The van der Waals surface area contributed by atoms with E-state index in [9.17, 15) is 9.59 Å². The van der Waals surface area contributed by atoms with Gasteiger partial charge in [0, 0.05) is 26.2 Å². The van der Waals surface area contributed by atoms with Crippen LogP contribution in [0.3, 0.4) is 0 Å². The number of ether oxygens (including phenoxy) is 1. The van der Waals surface area contributed by atoms with Crippen molar-refractivity contribution in [1.82, 2.24) is 9.80 Å². The van der Waals surface area contributed by atoms with Crippen LogP contribution in [0.15, 0.2) is 29.6 Å². The van der Waals surface area contributed by atoms with E-state index in [1.807, 2.05) is 6.07 Å². The fraction of sp³-hybridized carbons (Fsp3) is 0.278. The number of hydrogen-bond acceptors (Lipinski definition) is 5. The number of rotatable bonds is 3. The van der Waals surface area contributed by atoms with E-state index in [1.165, 1.54) is 18.4 Å². The number of nitriles is 1. The second kappa shape index (κ2) is 7.77. The van der Waals surface area contributed by atoms with E-state index in [1.54, 1.807) is 39.4 Å². The first-order valence-electron chi connectivity index (χ1n) is 7.95. The van der Waals surface area contributed by atoms with Gasteiger partial charge in [-0.1, -0.05) is 11.6 Å². The minimum atomic E-state index is -0.174. The van der Waals surface area contributed by atoms with Crippen LogP contribution >= 0.6 is 22.9 Å². The zero-order valence-electron chi connectivity index (χ0n) is 14.1. The van der Waals surface area contributed by atoms with Crippen LogP contribution in [-0.2, 0) is 0 Å². The molecule has 1 saturated heterocycles. The number of amides is 2. The maximum Gasteiger partial charge on any atom is 0.265 e. The van der Waals surface area contributed by atoms with E-state index in [0.717, 1.165) is 0 Å². The molecule has 0 aliphatic carbocycles. The number of carbonyl (C=O) groups excluding carboxylic acids is 2. The summed E-state index contributed by atoms with van der Waals surface area (Å²) in [7, 11) is 1.47. The molecule has 8 heteroatoms. The van der Waals surface area contributed by atoms with Gasteiger partial charge in [0.15, 0.2) is 0 Å². The predicted octanol–water partition coefficient (Wildman–Crippen LogP) is 2.88. The second-order valence-corrected chi connectivity index (χ2v) is 7.03. The van der Waals surface area contributed by atoms with Crippen LogP contribution < -0.4 is 4.74 Å². The summed E-state index contributed by atoms with van der Waals surface area (Å²) in [4.78, 5) is 29.2. The fourth-order valence-electron chi connectivity index (χ4n) is 2.81. The lowest BCUT2D eigenvalue weighted by molar-refractivity contribution is 0.0536. The minimum absolute atomic E-state index is 0.104. The first kappa shape index (κ1) is 18.2. The Morgan fingerprint density at radius 1 is 1.15 bits per heavy atom. The molecule has 1 aromatic heterocycles. The summed E-state index contributed by atoms with van der Waals surface area (Å²) >= 11 is 7.35. The van der Waals surface area contributed by atoms with Crippen LogP contribution in [0.2, 0.25) is 5.02 Å². The van der Waals surface area contributed by atoms with Crippen molar-refractivity contribution in [3.63, 3.8) is 0 Å². The number of piperazine rings is 1. The van der Waals surface area contributed by atoms with Crippen LogP contribution in [0.5, 0.6) is 5.75 Å². The van der Waals surface area contributed by atoms with E-state index in [-0.39, 0.29) is 11.8 Å². The SMILES string of the molecule is COc1cc(C#N)ccc1C(=O)N1CCN(C(=O)c2sccc2Cl)CC1. The van der Waals surface area contributed by atoms with E-state index in [2.05, 4.69) is 0 Å². The van der Waals surface area contributed by atoms with Gasteiger partial charge in [0.2, 0.25) is 0 Å². The quantitative estimate of drug-likeness (QED) is 0.809. The lowest BCUT2D eigenvalue weighted by atomic mass is 10.1. The van der Waals surface area contributed by atoms with Crippen molar-refractivity contribution in [3.8, 4) is 11.8 Å². The van der Waals surface area contributed by atoms with Crippen molar-refractivity contribution in [2.24, 2.45) is 0 Å². The highest BCUT2D eigenvalue weighted by molar-refractivity contribution is 7.12. The van der Waals surface area contributed by atoms with Crippen molar-refractivity contribution < 1.29 is 14.3 Å². The molecule has 1 aliphatic rings. The van der Waals surface area contributed by atoms with Crippen molar-refractivity contribution >= 4 is 34.8 Å². The van der Waals surface area contributed by atoms with Crippen LogP contribution in [-0.4, -0.2) is 54.9 Å². The Hall–Kier alpha value is -2.56. The van der Waals surface area contributed by atoms with E-state index in [0.29, 0.717) is 53.0 Å². The molecule has 6 nitrogen and oxygen atoms in total. The summed E-state index contributed by atoms with van der Waals surface area (Å²) in [5.74, 6) is 0.0959. The number of halogens is 1. The van der Waals surface area contributed by atoms with Crippen molar-refractivity contribution in [2.45, 2.75) is 0 Å². The number of benzene rings is 1. The molecular weight excluding hydrogens is 374 g/mol. The average Bonchev–Trinajstić information content (AvgIpc) is 3.12. The molecule has 1 fully saturated rings. The van der Waals surface area contributed by atoms with Crippen LogP contribution in [0.4, 0.5) is 0 Å². The lowest BCUT2D eigenvalue weighted by Crippen LogP contribution is -2.50. The molecule has 26 heavy (non-hydrogen) atoms. The molecule has 2 heterocycles. The Balaban J connectivity index is 1.68. The highest BCUT2D eigenvalue weighted by Gasteiger charge is 2.28. The normalized spacial score (nSPS) is 14.0. The summed E-state index contributed by atoms with van der Waals surface area (Å²) in [5, 5.41) is 11.2. The molecule has 2 aromatic rings. The number of thiophene rings is 1. The molecule has 3 rings (SSSR count). The molecule has 0 saturated carbocycles. The molecule has 0 radical (unpaired) electrons. The van der Waals surface area contributed by atoms with Crippen molar-refractivity contribution in [3.05, 3.63) is 50.7 Å². The first-order valence-corrected chi connectivity index (χ1v) is 9.20. The molecule has 0 atom stereocenters. The standard InChI is InChI=1S/C18H16ClN3O3S/c1-25-15-10-12(11-20)2-3-13(15)17(23)21-5-7-22(8-6-21)18(24)16-14(19)4-9-26-16/h2-4,9-10H,5-8H2,1H3. The van der Waals surface area contributed by atoms with Gasteiger partial charge < -0.3 is 14.5 Å². The molecule has 0 N–H and O–H groups in total. The monoisotopic (exact) mass is 389 g/mol. The van der Waals surface area contributed by atoms with Crippen LogP contribution in [0, 0.1) is 11.3 Å². The molecule has 2 amide bonds. The second-order valence-electron chi connectivity index (χ2n) is 5.71. The number of carbonyl (C=O) groups is 2. The fourth-order valence-corrected chi connectivity index (χ4v) is 3.91. The van der Waals surface area contributed by atoms with Gasteiger partial charge in [-0.2, -0.15) is 5.26 Å². The van der Waals surface area contributed by atoms with Gasteiger partial charge in [0.05, 0.1) is 29.3 Å². The minimum Gasteiger partial charge on any atom is -0.496 e. The van der Waals surface area contributed by atoms with Gasteiger partial charge >= 0.3 is 0 Å². The molecule has 0 unspecified atom stereocenters. The molecule has 134 valence electrons. The maximum atomic E-state index is 12.8. The Morgan fingerprint density at radius 2 is 1.81 bits per heavy atom. The predicted molar refractivity (Wildman–Crippen MR) is 98.8 cm³/mol. The Bertz CT molecular complexity index is 882. The van der Waals surface area contributed by atoms with Gasteiger partial charge in [0.25, 0.3) is 11.8 Å². The summed E-state index contributed by atoms with van der Waals surface area (Å²) in [6, 6.07) is 8.47. The van der Waals surface area contributed by atoms with Gasteiger partial charge in [-0.3, -0.25) is 9.59 Å². The zero-order chi connectivity index (χ0) is 18.7. The topological polar surface area (TPSA) is 73.6 Å². The summed E-state index contributed by atoms with van der Waals surface area (Å²) < 4.78 is 5.24. The van der Waals surface area contributed by atoms with Gasteiger partial charge in [0.1, 0.15) is 10.6 Å². The smallest absolute Gasteiger partial charge is 0.265 e. The van der Waals surface area contributed by atoms with Crippen molar-refractivity contribution in [2.75, 3.05) is 33.3 Å². The largest absolute Gasteiger partial charge is 0.496 e. The maximum absolute atomic E-state index is 12.8. The molecule has 1 aromatic carbocycles. The first-order chi connectivity index (χ1) is 12.5. The lowest BCUT2D eigenvalue weighted by Gasteiger charge is -2.34. The third kappa shape index (κ3) is 3.52. The summed E-state index contributed by atoms with van der Waals surface area (Å²) in [6.07, 6.45) is 0. The molecular formula is C18H16ClN3O3S. The van der Waals surface area contributed by atoms with Gasteiger partial charge in [-0.05, 0) is 29.6 Å². The third-order valence-corrected chi connectivity index (χ3v) is 5.56. The highest BCUT2D eigenvalue weighted by atomic mass is 35.5. The Kier molecular flexibility index (Phi) is 5.45. The summed E-state index contributed by atoms with van der Waals surface area (Å²) in [6.45, 7) is 1.74.